The highest BCUT2D eigenvalue weighted by molar-refractivity contribution is 7.12. The number of esters is 2. The van der Waals surface area contributed by atoms with Gasteiger partial charge in [-0.25, -0.2) is 46.9 Å². The summed E-state index contributed by atoms with van der Waals surface area (Å²) in [6.45, 7) is 3.75. The lowest BCUT2D eigenvalue weighted by molar-refractivity contribution is -0.137. The van der Waals surface area contributed by atoms with Gasteiger partial charge in [0, 0.05) is 115 Å². The summed E-state index contributed by atoms with van der Waals surface area (Å²) in [6.07, 6.45) is 1.68. The summed E-state index contributed by atoms with van der Waals surface area (Å²) in [6, 6.07) is 19.3. The van der Waals surface area contributed by atoms with Crippen LogP contribution in [0.1, 0.15) is 53.8 Å². The number of halogens is 5. The largest absolute Gasteiger partial charge is 0.478 e. The molecule has 6 aromatic rings. The molecule has 0 unspecified atom stereocenters. The number of rotatable bonds is 14. The predicted molar refractivity (Wildman–Crippen MR) is 318 cm³/mol. The Hall–Kier alpha value is -8.66. The van der Waals surface area contributed by atoms with Crippen molar-refractivity contribution in [3.05, 3.63) is 190 Å². The van der Waals surface area contributed by atoms with Crippen LogP contribution >= 0.6 is 45.9 Å². The average molecular weight is 1270 g/mol. The molecule has 6 aliphatic rings. The fourth-order valence-electron chi connectivity index (χ4n) is 11.4. The monoisotopic (exact) mass is 1270 g/mol. The quantitative estimate of drug-likeness (QED) is 0.0750. The number of thiazole rings is 1. The van der Waals surface area contributed by atoms with Crippen molar-refractivity contribution in [3.63, 3.8) is 0 Å². The van der Waals surface area contributed by atoms with Crippen LogP contribution < -0.4 is 20.4 Å². The molecule has 0 bridgehead atoms. The SMILES string of the molecule is COC(=O)C1=C(CN2CCN3C(=O)N(c4ccc(C(=O)O)c(F)c4)C[C@@H]3C2)NC(c2nccs2)=N[C@H]1c1ccccc1Cl.COC(=O)C1=C(CN2CCN3C(=O)N(c4ccc(C(=O)O)cc4F)C[C@@H]3C2)NC(c2cccs2)=N[C@H]1c1ccc(F)cc1Cl. The van der Waals surface area contributed by atoms with E-state index < -0.39 is 59.0 Å². The number of piperazine rings is 2. The summed E-state index contributed by atoms with van der Waals surface area (Å²) in [5.74, 6) is -4.97. The van der Waals surface area contributed by atoms with Gasteiger partial charge in [-0.2, -0.15) is 0 Å². The molecule has 6 aliphatic heterocycles. The zero-order valence-electron chi connectivity index (χ0n) is 46.2. The van der Waals surface area contributed by atoms with Crippen molar-refractivity contribution in [1.29, 1.82) is 0 Å². The summed E-state index contributed by atoms with van der Waals surface area (Å²) in [4.78, 5) is 101. The fraction of sp³-hybridized carbons (Fsp3) is 0.271. The highest BCUT2D eigenvalue weighted by Crippen LogP contribution is 2.40. The molecule has 0 radical (unpaired) electrons. The molecule has 2 aromatic heterocycles. The van der Waals surface area contributed by atoms with E-state index in [1.807, 2.05) is 35.0 Å². The van der Waals surface area contributed by atoms with Gasteiger partial charge in [-0.1, -0.05) is 53.5 Å². The molecule has 0 aliphatic carbocycles. The maximum absolute atomic E-state index is 14.8. The van der Waals surface area contributed by atoms with Crippen molar-refractivity contribution in [2.45, 2.75) is 24.2 Å². The zero-order chi connectivity index (χ0) is 61.4. The number of amidine groups is 2. The van der Waals surface area contributed by atoms with Gasteiger partial charge in [-0.15, -0.1) is 22.7 Å². The Labute approximate surface area is 512 Å². The summed E-state index contributed by atoms with van der Waals surface area (Å²) in [5, 5.41) is 29.9. The van der Waals surface area contributed by atoms with E-state index in [0.29, 0.717) is 108 Å². The molecule has 0 spiro atoms. The number of aliphatic imine (C=N–C) groups is 2. The van der Waals surface area contributed by atoms with E-state index in [-0.39, 0.29) is 59.1 Å². The Morgan fingerprint density at radius 3 is 1.83 bits per heavy atom. The van der Waals surface area contributed by atoms with Crippen LogP contribution in [0.4, 0.5) is 34.1 Å². The van der Waals surface area contributed by atoms with E-state index >= 15 is 0 Å². The maximum atomic E-state index is 14.8. The Morgan fingerprint density at radius 1 is 0.644 bits per heavy atom. The second kappa shape index (κ2) is 25.4. The van der Waals surface area contributed by atoms with Gasteiger partial charge in [0.15, 0.2) is 10.8 Å². The number of hydrogen-bond acceptors (Lipinski definition) is 17. The van der Waals surface area contributed by atoms with Gasteiger partial charge >= 0.3 is 35.9 Å². The number of carboxylic acids is 2. The number of ether oxygens (including phenoxy) is 2. The van der Waals surface area contributed by atoms with Crippen molar-refractivity contribution >= 4 is 105 Å². The third-order valence-electron chi connectivity index (χ3n) is 15.5. The first-order valence-electron chi connectivity index (χ1n) is 27.0. The van der Waals surface area contributed by atoms with Crippen molar-refractivity contribution in [1.82, 2.24) is 35.2 Å². The first kappa shape index (κ1) is 60.0. The summed E-state index contributed by atoms with van der Waals surface area (Å²) in [5.41, 5.74) is 2.44. The average Bonchev–Trinajstić information content (AvgIpc) is 2.28. The lowest BCUT2D eigenvalue weighted by Crippen LogP contribution is -2.53. The molecule has 4 amide bonds. The molecule has 4 atom stereocenters. The maximum Gasteiger partial charge on any atom is 0.338 e. The molecule has 4 fully saturated rings. The van der Waals surface area contributed by atoms with Crippen LogP contribution in [0.3, 0.4) is 0 Å². The number of methoxy groups -OCH3 is 2. The highest BCUT2D eigenvalue weighted by Gasteiger charge is 2.45. The minimum Gasteiger partial charge on any atom is -0.478 e. The smallest absolute Gasteiger partial charge is 0.338 e. The third kappa shape index (κ3) is 12.2. The van der Waals surface area contributed by atoms with Crippen LogP contribution in [0.15, 0.2) is 140 Å². The van der Waals surface area contributed by atoms with Gasteiger partial charge in [0.1, 0.15) is 35.4 Å². The van der Waals surface area contributed by atoms with E-state index in [0.717, 1.165) is 23.1 Å². The van der Waals surface area contributed by atoms with E-state index in [2.05, 4.69) is 25.4 Å². The first-order chi connectivity index (χ1) is 41.9. The number of aromatic carboxylic acids is 2. The molecular formula is C59H52Cl2F3N11O10S2. The number of thiophene rings is 1. The van der Waals surface area contributed by atoms with Gasteiger partial charge in [0.05, 0.1) is 59.1 Å². The number of carbonyl (C=O) groups excluding carboxylic acids is 4. The van der Waals surface area contributed by atoms with Crippen LogP contribution in [0.2, 0.25) is 10.0 Å². The van der Waals surface area contributed by atoms with Crippen LogP contribution in [0.5, 0.6) is 0 Å². The highest BCUT2D eigenvalue weighted by atomic mass is 35.5. The van der Waals surface area contributed by atoms with Crippen molar-refractivity contribution in [2.75, 3.05) is 89.5 Å². The number of carboxylic acid groups (broad SMARTS) is 2. The Bertz CT molecular complexity index is 3870. The topological polar surface area (TPSA) is 242 Å². The summed E-state index contributed by atoms with van der Waals surface area (Å²) < 4.78 is 53.6. The fourth-order valence-corrected chi connectivity index (χ4v) is 13.2. The number of benzene rings is 4. The van der Waals surface area contributed by atoms with Gasteiger partial charge in [-0.3, -0.25) is 29.6 Å². The number of anilines is 2. The van der Waals surface area contributed by atoms with E-state index in [1.165, 1.54) is 83.1 Å². The first-order valence-corrected chi connectivity index (χ1v) is 29.5. The molecule has 87 heavy (non-hydrogen) atoms. The van der Waals surface area contributed by atoms with Gasteiger partial charge in [0.25, 0.3) is 0 Å². The summed E-state index contributed by atoms with van der Waals surface area (Å²) in [7, 11) is 2.59. The molecule has 21 nitrogen and oxygen atoms in total. The summed E-state index contributed by atoms with van der Waals surface area (Å²) >= 11 is 15.9. The molecule has 8 heterocycles. The molecule has 4 saturated heterocycles. The molecule has 0 saturated carbocycles. The zero-order valence-corrected chi connectivity index (χ0v) is 49.3. The van der Waals surface area contributed by atoms with E-state index in [4.69, 9.17) is 52.9 Å². The second-order valence-corrected chi connectivity index (χ2v) is 23.3. The molecule has 4 aromatic carbocycles. The standard InChI is InChI=1S/C30H26ClF2N5O5S.C29H26ClFN6O5S/c1-43-29(41)25-22(34-27(24-3-2-10-44-24)35-26(25)19-6-5-17(32)12-20(19)31)15-36-8-9-37-18(13-36)14-38(30(37)42)23-7-4-16(28(39)40)11-21(23)33;1-42-28(40)23-22(33-25(26-32-8-11-43-26)34-24(23)18-4-2-3-5-20(18)30)15-35-9-10-36-17(13-35)14-37(29(36)41)16-6-7-19(27(38)39)21(31)12-16/h2-7,10-12,18,26H,8-9,13-15H2,1H3,(H,34,35)(H,39,40);2-8,11-12,17,24H,9-10,13-15H2,1H3,(H,33,34)(H,38,39)/t18-,26-;17-,24-/m00/s1. The predicted octanol–water partition coefficient (Wildman–Crippen LogP) is 8.30. The van der Waals surface area contributed by atoms with E-state index in [1.54, 1.807) is 28.1 Å². The second-order valence-electron chi connectivity index (χ2n) is 20.7. The lowest BCUT2D eigenvalue weighted by Gasteiger charge is -2.38. The van der Waals surface area contributed by atoms with Crippen LogP contribution in [0, 0.1) is 17.5 Å². The number of amides is 4. The van der Waals surface area contributed by atoms with Gasteiger partial charge in [0.2, 0.25) is 0 Å². The Kier molecular flexibility index (Phi) is 17.5. The van der Waals surface area contributed by atoms with Crippen molar-refractivity contribution in [2.24, 2.45) is 9.98 Å². The van der Waals surface area contributed by atoms with Crippen LogP contribution in [-0.2, 0) is 19.1 Å². The number of nitrogens with zero attached hydrogens (tertiary/aromatic N) is 9. The molecule has 12 rings (SSSR count). The molecule has 450 valence electrons. The number of nitrogens with one attached hydrogen (secondary N) is 2. The van der Waals surface area contributed by atoms with E-state index in [9.17, 15) is 41.9 Å². The van der Waals surface area contributed by atoms with Crippen molar-refractivity contribution in [3.8, 4) is 0 Å². The normalized spacial score (nSPS) is 20.4. The van der Waals surface area contributed by atoms with Crippen molar-refractivity contribution < 1.29 is 61.6 Å². The Balaban J connectivity index is 0.000000180. The molecule has 4 N–H and O–H groups in total. The number of urea groups is 2. The minimum absolute atomic E-state index is 0.0152. The molecule has 28 heteroatoms. The number of fused-ring (bicyclic) bond motifs is 2. The minimum atomic E-state index is -1.37. The number of carbonyl (C=O) groups is 6. The number of aromatic nitrogens is 1. The van der Waals surface area contributed by atoms with Crippen LogP contribution in [-0.4, -0.2) is 174 Å². The van der Waals surface area contributed by atoms with Gasteiger partial charge < -0.3 is 40.1 Å². The van der Waals surface area contributed by atoms with Gasteiger partial charge in [-0.05, 0) is 66.0 Å². The third-order valence-corrected chi connectivity index (χ3v) is 17.9. The lowest BCUT2D eigenvalue weighted by atomic mass is 9.95. The van der Waals surface area contributed by atoms with Crippen LogP contribution in [0.25, 0.3) is 0 Å². The Morgan fingerprint density at radius 2 is 1.26 bits per heavy atom. The number of hydrogen-bond donors (Lipinski definition) is 4. The molecular weight excluding hydrogens is 1210 g/mol.